The Bertz CT molecular complexity index is 1010. The summed E-state index contributed by atoms with van der Waals surface area (Å²) in [5, 5.41) is 5.71. The summed E-state index contributed by atoms with van der Waals surface area (Å²) in [5.74, 6) is -0.191. The van der Waals surface area contributed by atoms with Gasteiger partial charge in [0.05, 0.1) is 0 Å². The van der Waals surface area contributed by atoms with Gasteiger partial charge in [-0.1, -0.05) is 30.3 Å². The Labute approximate surface area is 218 Å². The molecular formula is C28H38N4O5. The first-order valence-corrected chi connectivity index (χ1v) is 13.7. The van der Waals surface area contributed by atoms with Crippen LogP contribution in [0.1, 0.15) is 51.0 Å². The van der Waals surface area contributed by atoms with Gasteiger partial charge in [-0.2, -0.15) is 0 Å². The molecule has 0 saturated carbocycles. The molecule has 0 spiro atoms. The smallest absolute Gasteiger partial charge is 0.251 e. The van der Waals surface area contributed by atoms with Crippen LogP contribution in [0.3, 0.4) is 0 Å². The van der Waals surface area contributed by atoms with Crippen molar-refractivity contribution in [3.63, 3.8) is 0 Å². The molecule has 200 valence electrons. The molecule has 2 N–H and O–H groups in total. The first-order chi connectivity index (χ1) is 17.9. The van der Waals surface area contributed by atoms with Crippen LogP contribution < -0.4 is 10.6 Å². The lowest BCUT2D eigenvalue weighted by Gasteiger charge is -2.51. The second-order valence-corrected chi connectivity index (χ2v) is 11.1. The Morgan fingerprint density at radius 1 is 1.03 bits per heavy atom. The van der Waals surface area contributed by atoms with Crippen molar-refractivity contribution in [1.29, 1.82) is 0 Å². The van der Waals surface area contributed by atoms with Gasteiger partial charge in [0, 0.05) is 45.1 Å². The van der Waals surface area contributed by atoms with E-state index in [9.17, 15) is 19.2 Å². The molecule has 0 aromatic heterocycles. The van der Waals surface area contributed by atoms with Crippen LogP contribution >= 0.6 is 0 Å². The maximum absolute atomic E-state index is 14.1. The van der Waals surface area contributed by atoms with Crippen molar-refractivity contribution in [2.45, 2.75) is 76.1 Å². The molecule has 6 atom stereocenters. The van der Waals surface area contributed by atoms with Gasteiger partial charge in [-0.05, 0) is 56.4 Å². The van der Waals surface area contributed by atoms with Crippen molar-refractivity contribution in [3.8, 4) is 0 Å². The van der Waals surface area contributed by atoms with E-state index in [2.05, 4.69) is 10.6 Å². The quantitative estimate of drug-likeness (QED) is 0.637. The van der Waals surface area contributed by atoms with Crippen LogP contribution in [0.2, 0.25) is 0 Å². The number of carbonyl (C=O) groups is 4. The number of nitrogens with zero attached hydrogens (tertiary/aromatic N) is 2. The number of piperidine rings is 2. The summed E-state index contributed by atoms with van der Waals surface area (Å²) < 4.78 is 5.67. The van der Waals surface area contributed by atoms with E-state index < -0.39 is 12.1 Å². The van der Waals surface area contributed by atoms with E-state index in [4.69, 9.17) is 4.74 Å². The number of nitrogens with one attached hydrogen (secondary N) is 2. The summed E-state index contributed by atoms with van der Waals surface area (Å²) in [5.41, 5.74) is 0.965. The predicted octanol–water partition coefficient (Wildman–Crippen LogP) is 1.26. The maximum Gasteiger partial charge on any atom is 0.251 e. The van der Waals surface area contributed by atoms with E-state index in [0.29, 0.717) is 51.9 Å². The summed E-state index contributed by atoms with van der Waals surface area (Å²) in [4.78, 5) is 56.6. The highest BCUT2D eigenvalue weighted by molar-refractivity contribution is 5.92. The van der Waals surface area contributed by atoms with Crippen molar-refractivity contribution < 1.29 is 23.9 Å². The van der Waals surface area contributed by atoms with Crippen molar-refractivity contribution in [2.75, 3.05) is 26.2 Å². The monoisotopic (exact) mass is 510 g/mol. The molecule has 4 heterocycles. The number of benzene rings is 1. The summed E-state index contributed by atoms with van der Waals surface area (Å²) >= 11 is 0. The topological polar surface area (TPSA) is 108 Å². The summed E-state index contributed by atoms with van der Waals surface area (Å²) in [6.45, 7) is 4.07. The highest BCUT2D eigenvalue weighted by Gasteiger charge is 2.46. The third-order valence-electron chi connectivity index (χ3n) is 8.34. The van der Waals surface area contributed by atoms with Crippen molar-refractivity contribution in [1.82, 2.24) is 20.4 Å². The Hall–Kier alpha value is -2.94. The normalized spacial score (nSPS) is 33.1. The molecule has 1 aromatic carbocycles. The molecule has 4 aliphatic rings. The van der Waals surface area contributed by atoms with Gasteiger partial charge in [0.2, 0.25) is 17.7 Å². The second kappa shape index (κ2) is 11.2. The molecule has 0 aliphatic carbocycles. The number of ether oxygens (including phenoxy) is 1. The second-order valence-electron chi connectivity index (χ2n) is 11.1. The van der Waals surface area contributed by atoms with Crippen molar-refractivity contribution in [3.05, 3.63) is 35.9 Å². The highest BCUT2D eigenvalue weighted by Crippen LogP contribution is 2.37. The number of rotatable bonds is 3. The minimum Gasteiger partial charge on any atom is -0.368 e. The van der Waals surface area contributed by atoms with E-state index >= 15 is 0 Å². The first kappa shape index (κ1) is 25.7. The summed E-state index contributed by atoms with van der Waals surface area (Å²) in [6.07, 6.45) is 4.31. The largest absolute Gasteiger partial charge is 0.368 e. The van der Waals surface area contributed by atoms with Gasteiger partial charge < -0.3 is 25.2 Å². The number of hydrogen-bond acceptors (Lipinski definition) is 5. The molecule has 9 heteroatoms. The Morgan fingerprint density at radius 3 is 2.59 bits per heavy atom. The van der Waals surface area contributed by atoms with Gasteiger partial charge in [-0.15, -0.1) is 0 Å². The zero-order valence-electron chi connectivity index (χ0n) is 21.6. The van der Waals surface area contributed by atoms with Crippen molar-refractivity contribution in [2.24, 2.45) is 11.8 Å². The van der Waals surface area contributed by atoms with E-state index in [-0.39, 0.29) is 47.6 Å². The van der Waals surface area contributed by atoms with Crippen LogP contribution in [0.4, 0.5) is 0 Å². The van der Waals surface area contributed by atoms with Crippen LogP contribution in [-0.4, -0.2) is 83.9 Å². The highest BCUT2D eigenvalue weighted by atomic mass is 16.5. The molecule has 4 saturated heterocycles. The fourth-order valence-corrected chi connectivity index (χ4v) is 6.52. The SMILES string of the molecule is C[C@H]1NC(=O)CCC[C@H]2[C@@H]3C[C@@H](CN(C(=O)[C@@H]4CCCO4)C3)CN2C(=O)[C@H](Cc2ccccc2)NC1=O. The summed E-state index contributed by atoms with van der Waals surface area (Å²) in [7, 11) is 0. The molecule has 4 amide bonds. The average Bonchev–Trinajstić information content (AvgIpc) is 3.43. The number of fused-ring (bicyclic) bond motifs is 4. The molecule has 37 heavy (non-hydrogen) atoms. The molecule has 5 rings (SSSR count). The molecule has 4 aliphatic heterocycles. The lowest BCUT2D eigenvalue weighted by atomic mass is 9.77. The third-order valence-corrected chi connectivity index (χ3v) is 8.34. The fraction of sp³-hybridized carbons (Fsp3) is 0.643. The number of likely N-dealkylation sites (tertiary alicyclic amines) is 1. The number of carbonyl (C=O) groups excluding carboxylic acids is 4. The van der Waals surface area contributed by atoms with Gasteiger partial charge in [0.25, 0.3) is 5.91 Å². The van der Waals surface area contributed by atoms with Crippen LogP contribution in [0.25, 0.3) is 0 Å². The predicted molar refractivity (Wildman–Crippen MR) is 136 cm³/mol. The molecule has 0 radical (unpaired) electrons. The Kier molecular flexibility index (Phi) is 7.79. The standard InChI is InChI=1S/C28H38N4O5/c1-18-26(34)30-22(14-19-7-3-2-4-8-19)27(35)32-16-20-13-21(23(32)9-5-11-25(33)29-18)17-31(15-20)28(36)24-10-6-12-37-24/h2-4,7-8,18,20-24H,5-6,9-17H2,1H3,(H,29,33)(H,30,34)/t18-,20+,21-,22+,23+,24+/m1/s1. The van der Waals surface area contributed by atoms with Gasteiger partial charge in [0.1, 0.15) is 18.2 Å². The zero-order chi connectivity index (χ0) is 25.9. The lowest BCUT2D eigenvalue weighted by Crippen LogP contribution is -2.64. The minimum atomic E-state index is -0.723. The third kappa shape index (κ3) is 5.81. The Balaban J connectivity index is 1.40. The molecule has 0 unspecified atom stereocenters. The van der Waals surface area contributed by atoms with Crippen LogP contribution in [0.15, 0.2) is 30.3 Å². The molecule has 2 bridgehead atoms. The zero-order valence-corrected chi connectivity index (χ0v) is 21.6. The number of amides is 4. The van der Waals surface area contributed by atoms with E-state index in [0.717, 1.165) is 24.8 Å². The van der Waals surface area contributed by atoms with Gasteiger partial charge in [0.15, 0.2) is 0 Å². The molecule has 4 fully saturated rings. The maximum atomic E-state index is 14.1. The molecule has 1 aromatic rings. The lowest BCUT2D eigenvalue weighted by molar-refractivity contribution is -0.152. The average molecular weight is 511 g/mol. The van der Waals surface area contributed by atoms with E-state index in [1.807, 2.05) is 40.1 Å². The fourth-order valence-electron chi connectivity index (χ4n) is 6.52. The van der Waals surface area contributed by atoms with Gasteiger partial charge in [-0.3, -0.25) is 19.2 Å². The van der Waals surface area contributed by atoms with E-state index in [1.165, 1.54) is 0 Å². The van der Waals surface area contributed by atoms with Crippen LogP contribution in [0.5, 0.6) is 0 Å². The van der Waals surface area contributed by atoms with E-state index in [1.54, 1.807) is 6.92 Å². The van der Waals surface area contributed by atoms with Gasteiger partial charge in [-0.25, -0.2) is 0 Å². The Morgan fingerprint density at radius 2 is 1.84 bits per heavy atom. The first-order valence-electron chi connectivity index (χ1n) is 13.7. The molecular weight excluding hydrogens is 472 g/mol. The minimum absolute atomic E-state index is 0.0720. The van der Waals surface area contributed by atoms with Crippen molar-refractivity contribution >= 4 is 23.6 Å². The van der Waals surface area contributed by atoms with Crippen LogP contribution in [-0.2, 0) is 30.3 Å². The van der Waals surface area contributed by atoms with Crippen LogP contribution in [0, 0.1) is 11.8 Å². The molecule has 9 nitrogen and oxygen atoms in total. The van der Waals surface area contributed by atoms with Gasteiger partial charge >= 0.3 is 0 Å². The summed E-state index contributed by atoms with van der Waals surface area (Å²) in [6, 6.07) is 8.17. The number of hydrogen-bond donors (Lipinski definition) is 2.